The number of aromatic nitrogens is 2. The second-order valence-corrected chi connectivity index (χ2v) is 6.52. The number of hydrogen-bond acceptors (Lipinski definition) is 5. The van der Waals surface area contributed by atoms with Crippen LogP contribution < -0.4 is 14.8 Å². The highest BCUT2D eigenvalue weighted by molar-refractivity contribution is 5.66. The van der Waals surface area contributed by atoms with E-state index in [9.17, 15) is 0 Å². The summed E-state index contributed by atoms with van der Waals surface area (Å²) in [6.45, 7) is 8.02. The lowest BCUT2D eigenvalue weighted by Crippen LogP contribution is -2.26. The van der Waals surface area contributed by atoms with Gasteiger partial charge in [-0.25, -0.2) is 0 Å². The highest BCUT2D eigenvalue weighted by atomic mass is 16.7. The summed E-state index contributed by atoms with van der Waals surface area (Å²) in [6, 6.07) is 6.00. The Bertz CT molecular complexity index is 700. The molecule has 0 aliphatic carbocycles. The van der Waals surface area contributed by atoms with Gasteiger partial charge < -0.3 is 19.7 Å². The van der Waals surface area contributed by atoms with Gasteiger partial charge in [-0.15, -0.1) is 0 Å². The van der Waals surface area contributed by atoms with Gasteiger partial charge in [0, 0.05) is 24.2 Å². The Morgan fingerprint density at radius 1 is 1.33 bits per heavy atom. The zero-order valence-electron chi connectivity index (χ0n) is 14.0. The molecule has 2 aliphatic rings. The third kappa shape index (κ3) is 3.12. The molecule has 6 heteroatoms. The monoisotopic (exact) mass is 328 g/mol. The molecule has 2 aliphatic heterocycles. The van der Waals surface area contributed by atoms with Crippen molar-refractivity contribution < 1.29 is 9.47 Å². The summed E-state index contributed by atoms with van der Waals surface area (Å²) in [5, 5.41) is 10.9. The minimum atomic E-state index is 0.298. The maximum atomic E-state index is 5.47. The average molecular weight is 328 g/mol. The number of benzene rings is 1. The quantitative estimate of drug-likeness (QED) is 0.851. The van der Waals surface area contributed by atoms with Crippen molar-refractivity contribution in [2.45, 2.75) is 19.9 Å². The predicted octanol–water partition coefficient (Wildman–Crippen LogP) is 2.24. The summed E-state index contributed by atoms with van der Waals surface area (Å²) in [5.41, 5.74) is 3.30. The number of nitrogens with zero attached hydrogens (tertiary/aromatic N) is 2. The summed E-state index contributed by atoms with van der Waals surface area (Å²) in [4.78, 5) is 2.52. The molecule has 2 N–H and O–H groups in total. The van der Waals surface area contributed by atoms with Crippen LogP contribution in [0.3, 0.4) is 0 Å². The number of aromatic amines is 1. The molecule has 128 valence electrons. The van der Waals surface area contributed by atoms with E-state index in [1.165, 1.54) is 25.1 Å². The van der Waals surface area contributed by atoms with Gasteiger partial charge in [-0.05, 0) is 50.2 Å². The Balaban J connectivity index is 1.38. The van der Waals surface area contributed by atoms with E-state index in [0.717, 1.165) is 48.3 Å². The standard InChI is InChI=1S/C18H24N4O2/c1-2-22-6-5-13(11-22)8-19-9-15-10-20-21-18(15)14-3-4-16-17(7-14)24-12-23-16/h3-4,7,10,13,19H,2,5-6,8-9,11-12H2,1H3,(H,20,21)/t13-/m0/s1. The van der Waals surface area contributed by atoms with Gasteiger partial charge in [0.05, 0.1) is 11.9 Å². The smallest absolute Gasteiger partial charge is 0.231 e. The van der Waals surface area contributed by atoms with Crippen molar-refractivity contribution in [2.24, 2.45) is 5.92 Å². The first kappa shape index (κ1) is 15.5. The predicted molar refractivity (Wildman–Crippen MR) is 92.1 cm³/mol. The van der Waals surface area contributed by atoms with Gasteiger partial charge in [-0.2, -0.15) is 5.10 Å². The SMILES string of the molecule is CCN1CC[C@@H](CNCc2cn[nH]c2-c2ccc3c(c2)OCO3)C1. The Morgan fingerprint density at radius 3 is 3.12 bits per heavy atom. The van der Waals surface area contributed by atoms with E-state index < -0.39 is 0 Å². The van der Waals surface area contributed by atoms with Crippen LogP contribution in [0.25, 0.3) is 11.3 Å². The Labute approximate surface area is 142 Å². The molecule has 1 saturated heterocycles. The van der Waals surface area contributed by atoms with Crippen molar-refractivity contribution in [3.63, 3.8) is 0 Å². The molecule has 1 aromatic heterocycles. The topological polar surface area (TPSA) is 62.4 Å². The zero-order chi connectivity index (χ0) is 16.4. The maximum absolute atomic E-state index is 5.47. The normalized spacial score (nSPS) is 20.0. The third-order valence-electron chi connectivity index (χ3n) is 4.94. The fourth-order valence-electron chi connectivity index (χ4n) is 3.52. The molecule has 4 rings (SSSR count). The van der Waals surface area contributed by atoms with Gasteiger partial charge in [0.1, 0.15) is 0 Å². The van der Waals surface area contributed by atoms with Gasteiger partial charge in [0.2, 0.25) is 6.79 Å². The molecule has 6 nitrogen and oxygen atoms in total. The third-order valence-corrected chi connectivity index (χ3v) is 4.94. The van der Waals surface area contributed by atoms with Crippen molar-refractivity contribution in [1.82, 2.24) is 20.4 Å². The van der Waals surface area contributed by atoms with E-state index in [1.54, 1.807) is 0 Å². The zero-order valence-corrected chi connectivity index (χ0v) is 14.0. The van der Waals surface area contributed by atoms with Crippen LogP contribution in [0.2, 0.25) is 0 Å². The van der Waals surface area contributed by atoms with Gasteiger partial charge in [-0.1, -0.05) is 6.92 Å². The fourth-order valence-corrected chi connectivity index (χ4v) is 3.52. The van der Waals surface area contributed by atoms with E-state index in [0.29, 0.717) is 6.79 Å². The molecule has 0 amide bonds. The van der Waals surface area contributed by atoms with E-state index in [2.05, 4.69) is 27.3 Å². The van der Waals surface area contributed by atoms with E-state index in [-0.39, 0.29) is 0 Å². The van der Waals surface area contributed by atoms with Crippen LogP contribution in [0.1, 0.15) is 18.9 Å². The molecule has 3 heterocycles. The largest absolute Gasteiger partial charge is 0.454 e. The summed E-state index contributed by atoms with van der Waals surface area (Å²) in [6.07, 6.45) is 3.20. The van der Waals surface area contributed by atoms with Gasteiger partial charge in [0.15, 0.2) is 11.5 Å². The van der Waals surface area contributed by atoms with Crippen LogP contribution in [-0.2, 0) is 6.54 Å². The van der Waals surface area contributed by atoms with E-state index in [4.69, 9.17) is 9.47 Å². The molecule has 2 aromatic rings. The van der Waals surface area contributed by atoms with Crippen molar-refractivity contribution in [2.75, 3.05) is 33.0 Å². The molecule has 1 aromatic carbocycles. The second-order valence-electron chi connectivity index (χ2n) is 6.52. The number of ether oxygens (including phenoxy) is 2. The van der Waals surface area contributed by atoms with Crippen LogP contribution in [0.15, 0.2) is 24.4 Å². The van der Waals surface area contributed by atoms with E-state index >= 15 is 0 Å². The summed E-state index contributed by atoms with van der Waals surface area (Å²) < 4.78 is 10.8. The highest BCUT2D eigenvalue weighted by Crippen LogP contribution is 2.36. The summed E-state index contributed by atoms with van der Waals surface area (Å²) in [7, 11) is 0. The molecule has 1 atom stereocenters. The van der Waals surface area contributed by atoms with Gasteiger partial charge in [-0.3, -0.25) is 5.10 Å². The molecule has 24 heavy (non-hydrogen) atoms. The lowest BCUT2D eigenvalue weighted by Gasteiger charge is -2.13. The first-order chi connectivity index (χ1) is 11.8. The second kappa shape index (κ2) is 6.83. The number of likely N-dealkylation sites (tertiary alicyclic amines) is 1. The highest BCUT2D eigenvalue weighted by Gasteiger charge is 2.21. The van der Waals surface area contributed by atoms with Crippen LogP contribution in [0.4, 0.5) is 0 Å². The molecule has 0 saturated carbocycles. The fraction of sp³-hybridized carbons (Fsp3) is 0.500. The number of fused-ring (bicyclic) bond motifs is 1. The van der Waals surface area contributed by atoms with Gasteiger partial charge >= 0.3 is 0 Å². The molecular formula is C18H24N4O2. The molecule has 0 unspecified atom stereocenters. The molecule has 0 spiro atoms. The van der Waals surface area contributed by atoms with Crippen LogP contribution in [0.5, 0.6) is 11.5 Å². The van der Waals surface area contributed by atoms with Crippen molar-refractivity contribution >= 4 is 0 Å². The van der Waals surface area contributed by atoms with Crippen LogP contribution in [0, 0.1) is 5.92 Å². The number of rotatable bonds is 6. The van der Waals surface area contributed by atoms with Crippen LogP contribution in [-0.4, -0.2) is 48.1 Å². The number of nitrogens with one attached hydrogen (secondary N) is 2. The Morgan fingerprint density at radius 2 is 2.25 bits per heavy atom. The Hall–Kier alpha value is -2.05. The molecule has 1 fully saturated rings. The summed E-state index contributed by atoms with van der Waals surface area (Å²) >= 11 is 0. The van der Waals surface area contributed by atoms with Crippen molar-refractivity contribution in [1.29, 1.82) is 0 Å². The van der Waals surface area contributed by atoms with Crippen LogP contribution >= 0.6 is 0 Å². The maximum Gasteiger partial charge on any atom is 0.231 e. The number of hydrogen-bond donors (Lipinski definition) is 2. The first-order valence-electron chi connectivity index (χ1n) is 8.69. The molecule has 0 radical (unpaired) electrons. The average Bonchev–Trinajstić information content (AvgIpc) is 3.34. The molecular weight excluding hydrogens is 304 g/mol. The lowest BCUT2D eigenvalue weighted by atomic mass is 10.1. The lowest BCUT2D eigenvalue weighted by molar-refractivity contribution is 0.174. The molecule has 0 bridgehead atoms. The minimum Gasteiger partial charge on any atom is -0.454 e. The van der Waals surface area contributed by atoms with Gasteiger partial charge in [0.25, 0.3) is 0 Å². The minimum absolute atomic E-state index is 0.298. The Kier molecular flexibility index (Phi) is 4.40. The van der Waals surface area contributed by atoms with E-state index in [1.807, 2.05) is 24.4 Å². The summed E-state index contributed by atoms with van der Waals surface area (Å²) in [5.74, 6) is 2.36. The first-order valence-corrected chi connectivity index (χ1v) is 8.69. The number of H-pyrrole nitrogens is 1. The van der Waals surface area contributed by atoms with Crippen molar-refractivity contribution in [3.05, 3.63) is 30.0 Å². The van der Waals surface area contributed by atoms with Crippen molar-refractivity contribution in [3.8, 4) is 22.8 Å².